The van der Waals surface area contributed by atoms with Crippen LogP contribution in [0.3, 0.4) is 0 Å². The van der Waals surface area contributed by atoms with Crippen LogP contribution >= 0.6 is 12.6 Å². The second-order valence-corrected chi connectivity index (χ2v) is 4.86. The Kier molecular flexibility index (Phi) is 3.99. The van der Waals surface area contributed by atoms with Gasteiger partial charge in [-0.1, -0.05) is 6.07 Å². The van der Waals surface area contributed by atoms with Gasteiger partial charge in [-0.3, -0.25) is 4.79 Å². The average molecular weight is 280 g/mol. The number of carbonyl (C=O) groups excluding carboxylic acids is 2. The lowest BCUT2D eigenvalue weighted by atomic mass is 10.1. The van der Waals surface area contributed by atoms with E-state index >= 15 is 0 Å². The molecule has 1 aliphatic heterocycles. The Morgan fingerprint density at radius 3 is 2.89 bits per heavy atom. The SMILES string of the molecule is COC(=O)c1cccc(N)c1N1CC(CS)CC1=O. The molecule has 1 amide bonds. The number of ether oxygens (including phenoxy) is 1. The van der Waals surface area contributed by atoms with E-state index in [1.807, 2.05) is 0 Å². The fraction of sp³-hybridized carbons (Fsp3) is 0.385. The van der Waals surface area contributed by atoms with E-state index in [1.165, 1.54) is 7.11 Å². The zero-order chi connectivity index (χ0) is 14.0. The highest BCUT2D eigenvalue weighted by molar-refractivity contribution is 7.80. The van der Waals surface area contributed by atoms with Crippen molar-refractivity contribution in [3.8, 4) is 0 Å². The summed E-state index contributed by atoms with van der Waals surface area (Å²) in [4.78, 5) is 25.4. The molecule has 2 N–H and O–H groups in total. The van der Waals surface area contributed by atoms with Crippen LogP contribution < -0.4 is 10.6 Å². The summed E-state index contributed by atoms with van der Waals surface area (Å²) in [5.74, 6) is 0.273. The molecule has 2 rings (SSSR count). The molecule has 0 aromatic heterocycles. The largest absolute Gasteiger partial charge is 0.465 e. The third kappa shape index (κ3) is 2.53. The minimum absolute atomic E-state index is 0.0397. The molecule has 6 heteroatoms. The summed E-state index contributed by atoms with van der Waals surface area (Å²) in [6, 6.07) is 4.95. The molecule has 1 aromatic rings. The highest BCUT2D eigenvalue weighted by Crippen LogP contribution is 2.33. The van der Waals surface area contributed by atoms with Crippen molar-refractivity contribution in [1.82, 2.24) is 0 Å². The second-order valence-electron chi connectivity index (χ2n) is 4.49. The number of thiol groups is 1. The number of amides is 1. The van der Waals surface area contributed by atoms with Gasteiger partial charge in [-0.2, -0.15) is 12.6 Å². The molecule has 19 heavy (non-hydrogen) atoms. The Hall–Kier alpha value is -1.69. The number of nitrogens with zero attached hydrogens (tertiary/aromatic N) is 1. The fourth-order valence-electron chi connectivity index (χ4n) is 2.26. The predicted molar refractivity (Wildman–Crippen MR) is 76.5 cm³/mol. The van der Waals surface area contributed by atoms with Crippen molar-refractivity contribution in [3.05, 3.63) is 23.8 Å². The van der Waals surface area contributed by atoms with E-state index in [-0.39, 0.29) is 11.8 Å². The summed E-state index contributed by atoms with van der Waals surface area (Å²) >= 11 is 4.22. The van der Waals surface area contributed by atoms with Gasteiger partial charge >= 0.3 is 5.97 Å². The van der Waals surface area contributed by atoms with E-state index in [2.05, 4.69) is 12.6 Å². The van der Waals surface area contributed by atoms with Crippen LogP contribution in [-0.4, -0.2) is 31.3 Å². The van der Waals surface area contributed by atoms with Crippen LogP contribution in [0.5, 0.6) is 0 Å². The van der Waals surface area contributed by atoms with Crippen LogP contribution in [0.25, 0.3) is 0 Å². The second kappa shape index (κ2) is 5.52. The molecule has 0 radical (unpaired) electrons. The number of nitrogen functional groups attached to an aromatic ring is 1. The number of methoxy groups -OCH3 is 1. The lowest BCUT2D eigenvalue weighted by molar-refractivity contribution is -0.117. The predicted octanol–water partition coefficient (Wildman–Crippen LogP) is 1.34. The summed E-state index contributed by atoms with van der Waals surface area (Å²) in [6.07, 6.45) is 0.429. The third-order valence-corrected chi connectivity index (χ3v) is 3.72. The highest BCUT2D eigenvalue weighted by atomic mass is 32.1. The first kappa shape index (κ1) is 13.7. The standard InChI is InChI=1S/C13H16N2O3S/c1-18-13(17)9-3-2-4-10(14)12(9)15-6-8(7-19)5-11(15)16/h2-4,8,19H,5-7,14H2,1H3. The molecule has 5 nitrogen and oxygen atoms in total. The van der Waals surface area contributed by atoms with Crippen molar-refractivity contribution in [2.45, 2.75) is 6.42 Å². The van der Waals surface area contributed by atoms with Gasteiger partial charge in [-0.15, -0.1) is 0 Å². The van der Waals surface area contributed by atoms with Crippen molar-refractivity contribution in [2.24, 2.45) is 5.92 Å². The van der Waals surface area contributed by atoms with Gasteiger partial charge in [0.15, 0.2) is 0 Å². The minimum Gasteiger partial charge on any atom is -0.465 e. The number of nitrogens with two attached hydrogens (primary N) is 1. The van der Waals surface area contributed by atoms with E-state index < -0.39 is 5.97 Å². The van der Waals surface area contributed by atoms with Crippen LogP contribution in [-0.2, 0) is 9.53 Å². The van der Waals surface area contributed by atoms with E-state index in [1.54, 1.807) is 23.1 Å². The number of hydrogen-bond acceptors (Lipinski definition) is 5. The molecule has 0 spiro atoms. The van der Waals surface area contributed by atoms with Gasteiger partial charge in [0.1, 0.15) is 0 Å². The molecule has 102 valence electrons. The topological polar surface area (TPSA) is 72.6 Å². The number of hydrogen-bond donors (Lipinski definition) is 2. The van der Waals surface area contributed by atoms with Crippen LogP contribution in [0.15, 0.2) is 18.2 Å². The molecule has 0 bridgehead atoms. The zero-order valence-electron chi connectivity index (χ0n) is 10.6. The fourth-order valence-corrected chi connectivity index (χ4v) is 2.50. The zero-order valence-corrected chi connectivity index (χ0v) is 11.5. The van der Waals surface area contributed by atoms with Crippen molar-refractivity contribution in [3.63, 3.8) is 0 Å². The number of rotatable bonds is 3. The van der Waals surface area contributed by atoms with Crippen LogP contribution in [0, 0.1) is 5.92 Å². The molecule has 0 aliphatic carbocycles. The smallest absolute Gasteiger partial charge is 0.340 e. The molecule has 1 heterocycles. The van der Waals surface area contributed by atoms with E-state index in [4.69, 9.17) is 10.5 Å². The quantitative estimate of drug-likeness (QED) is 0.498. The number of anilines is 2. The van der Waals surface area contributed by atoms with Gasteiger partial charge < -0.3 is 15.4 Å². The van der Waals surface area contributed by atoms with Crippen LogP contribution in [0.2, 0.25) is 0 Å². The molecular formula is C13H16N2O3S. The Labute approximate surface area is 117 Å². The Bertz CT molecular complexity index is 519. The number of benzene rings is 1. The maximum absolute atomic E-state index is 12.0. The molecular weight excluding hydrogens is 264 g/mol. The average Bonchev–Trinajstić information content (AvgIpc) is 2.78. The molecule has 0 saturated carbocycles. The van der Waals surface area contributed by atoms with Gasteiger partial charge in [0.2, 0.25) is 5.91 Å². The molecule has 1 saturated heterocycles. The van der Waals surface area contributed by atoms with Crippen molar-refractivity contribution in [1.29, 1.82) is 0 Å². The van der Waals surface area contributed by atoms with Crippen molar-refractivity contribution in [2.75, 3.05) is 30.0 Å². The molecule has 1 atom stereocenters. The highest BCUT2D eigenvalue weighted by Gasteiger charge is 2.33. The number of esters is 1. The Morgan fingerprint density at radius 2 is 2.32 bits per heavy atom. The maximum Gasteiger partial charge on any atom is 0.340 e. The van der Waals surface area contributed by atoms with Crippen molar-refractivity contribution >= 4 is 35.9 Å². The first-order chi connectivity index (χ1) is 9.08. The van der Waals surface area contributed by atoms with Gasteiger partial charge in [-0.05, 0) is 23.8 Å². The third-order valence-electron chi connectivity index (χ3n) is 3.21. The summed E-state index contributed by atoms with van der Waals surface area (Å²) in [6.45, 7) is 0.528. The molecule has 1 aromatic carbocycles. The Morgan fingerprint density at radius 1 is 1.58 bits per heavy atom. The summed E-state index contributed by atoms with van der Waals surface area (Å²) in [7, 11) is 1.30. The lowest BCUT2D eigenvalue weighted by Gasteiger charge is -2.21. The summed E-state index contributed by atoms with van der Waals surface area (Å²) in [5, 5.41) is 0. The van der Waals surface area contributed by atoms with Gasteiger partial charge in [0.25, 0.3) is 0 Å². The molecule has 1 unspecified atom stereocenters. The van der Waals surface area contributed by atoms with Crippen LogP contribution in [0.1, 0.15) is 16.8 Å². The molecule has 1 fully saturated rings. The first-order valence-corrected chi connectivity index (χ1v) is 6.59. The van der Waals surface area contributed by atoms with Gasteiger partial charge in [0.05, 0.1) is 24.0 Å². The van der Waals surface area contributed by atoms with E-state index in [0.29, 0.717) is 35.7 Å². The van der Waals surface area contributed by atoms with E-state index in [9.17, 15) is 9.59 Å². The lowest BCUT2D eigenvalue weighted by Crippen LogP contribution is -2.28. The first-order valence-electron chi connectivity index (χ1n) is 5.96. The minimum atomic E-state index is -0.496. The summed E-state index contributed by atoms with van der Waals surface area (Å²) in [5.41, 5.74) is 7.08. The Balaban J connectivity index is 2.44. The number of para-hydroxylation sites is 1. The van der Waals surface area contributed by atoms with Crippen LogP contribution in [0.4, 0.5) is 11.4 Å². The van der Waals surface area contributed by atoms with Gasteiger partial charge in [-0.25, -0.2) is 4.79 Å². The normalized spacial score (nSPS) is 18.7. The van der Waals surface area contributed by atoms with E-state index in [0.717, 1.165) is 0 Å². The number of carbonyl (C=O) groups is 2. The molecule has 1 aliphatic rings. The monoisotopic (exact) mass is 280 g/mol. The summed E-state index contributed by atoms with van der Waals surface area (Å²) < 4.78 is 4.73. The van der Waals surface area contributed by atoms with Crippen molar-refractivity contribution < 1.29 is 14.3 Å². The maximum atomic E-state index is 12.0. The van der Waals surface area contributed by atoms with Gasteiger partial charge in [0, 0.05) is 13.0 Å².